The summed E-state index contributed by atoms with van der Waals surface area (Å²) in [5, 5.41) is 10.4. The molecule has 9 aromatic carbocycles. The predicted molar refractivity (Wildman–Crippen MR) is 523 cm³/mol. The number of pyridine rings is 4. The summed E-state index contributed by atoms with van der Waals surface area (Å²) in [5.41, 5.74) is 32.1. The van der Waals surface area contributed by atoms with E-state index < -0.39 is 32.3 Å². The van der Waals surface area contributed by atoms with Gasteiger partial charge in [0.05, 0.1) is 32.7 Å². The molecule has 628 valence electrons. The summed E-state index contributed by atoms with van der Waals surface area (Å²) in [7, 11) is 4.78. The van der Waals surface area contributed by atoms with Crippen molar-refractivity contribution in [1.29, 1.82) is 0 Å². The molecule has 0 N–H and O–H groups in total. The SMILES string of the molecule is Cc1cc(-c2c(C)cccc2C)ccc1-c1c2ccc(C3CC[Si](C)(C)CC3)cc2cc[n+]1C.Cc1cc(-c2c3ccc(C4CC[Si](C)(C)CC4)cc3cc[n+]2C)c(C)c(C)c1F.Cc1cc(C)c(F)c(-c2c3ccc(C4CC[Si](C)(C)CC4)cc3cc[n+]2C)c1C.Cc1cc2c(cc1-c1c3ccc(C4CC[Si](C)(C)CC4)cc3cc[n+]1C)CCC2. The summed E-state index contributed by atoms with van der Waals surface area (Å²) in [4.78, 5) is 0. The van der Waals surface area contributed by atoms with Crippen LogP contribution in [0.15, 0.2) is 183 Å². The van der Waals surface area contributed by atoms with Gasteiger partial charge < -0.3 is 0 Å². The second kappa shape index (κ2) is 35.2. The van der Waals surface area contributed by atoms with E-state index in [0.717, 1.165) is 56.3 Å². The zero-order chi connectivity index (χ0) is 86.1. The molecule has 0 bridgehead atoms. The lowest BCUT2D eigenvalue weighted by atomic mass is 9.89. The molecular formula is C111H138F2N4Si4+4. The van der Waals surface area contributed by atoms with E-state index in [2.05, 4.69) is 297 Å². The molecule has 0 saturated carbocycles. The largest absolute Gasteiger partial charge is 0.223 e. The van der Waals surface area contributed by atoms with Crippen molar-refractivity contribution in [3.63, 3.8) is 0 Å². The molecule has 4 saturated heterocycles. The van der Waals surface area contributed by atoms with E-state index in [1.54, 1.807) is 22.3 Å². The van der Waals surface area contributed by atoms with Gasteiger partial charge in [0.2, 0.25) is 22.8 Å². The van der Waals surface area contributed by atoms with Crippen molar-refractivity contribution in [2.24, 2.45) is 28.2 Å². The molecule has 18 rings (SSSR count). The lowest BCUT2D eigenvalue weighted by Crippen LogP contribution is -2.31. The Morgan fingerprint density at radius 2 is 0.628 bits per heavy atom. The maximum atomic E-state index is 15.3. The molecule has 1 aliphatic carbocycles. The molecule has 0 spiro atoms. The van der Waals surface area contributed by atoms with Crippen LogP contribution in [-0.2, 0) is 41.0 Å². The summed E-state index contributed by atoms with van der Waals surface area (Å²) >= 11 is 0. The van der Waals surface area contributed by atoms with E-state index in [9.17, 15) is 4.39 Å². The van der Waals surface area contributed by atoms with E-state index in [4.69, 9.17) is 0 Å². The van der Waals surface area contributed by atoms with Crippen LogP contribution in [0.2, 0.25) is 101 Å². The van der Waals surface area contributed by atoms with Gasteiger partial charge in [-0.25, -0.2) is 27.0 Å². The van der Waals surface area contributed by atoms with Gasteiger partial charge in [0, 0.05) is 67.7 Å². The molecule has 4 fully saturated rings. The van der Waals surface area contributed by atoms with Gasteiger partial charge in [-0.15, -0.1) is 0 Å². The summed E-state index contributed by atoms with van der Waals surface area (Å²) in [5.74, 6) is 2.70. The Morgan fingerprint density at radius 1 is 0.281 bits per heavy atom. The van der Waals surface area contributed by atoms with Crippen LogP contribution in [0.25, 0.3) is 99.2 Å². The zero-order valence-corrected chi connectivity index (χ0v) is 81.6. The Bertz CT molecular complexity index is 6080. The number of aromatic nitrogens is 4. The standard InChI is InChI=1S/C32H38NSi.C27H34NSi.2C26H33FNSi/c1-22-8-7-9-23(2)31(22)28-11-12-29(24(3)20-28)32-30-13-10-26(21-27(30)14-17-33(32)4)25-15-18-34(5,6)19-16-25;1-19-16-21-6-5-7-22(21)18-26(19)27-25-9-8-23(17-24(25)10-13-28(27)2)20-11-14-29(3,4)15-12-20;1-17-15-24(18(2)19(3)25(17)27)26-23-8-7-21(16-22(23)9-12-28(26)4)20-10-13-29(5,6)14-11-20;1-17-15-18(2)25(27)24(19(17)3)26-23-8-7-21(16-22(23)9-12-28(26)4)20-10-13-29(5,6)14-11-20/h7-14,17,20-21,25H,15-16,18-19H2,1-6H3;8-10,13,16-18,20H,5-7,11-12,14-15H2,1-4H3;2*7-9,12,15-16,20H,10-11,13-14H2,1-6H3/q4*+1. The molecule has 0 unspecified atom stereocenters. The normalized spacial score (nSPS) is 17.3. The lowest BCUT2D eigenvalue weighted by Gasteiger charge is -2.33. The minimum absolute atomic E-state index is 0.0831. The van der Waals surface area contributed by atoms with Crippen LogP contribution in [0.4, 0.5) is 8.78 Å². The van der Waals surface area contributed by atoms with Crippen LogP contribution in [0, 0.1) is 80.9 Å². The molecule has 4 nitrogen and oxygen atoms in total. The van der Waals surface area contributed by atoms with Crippen molar-refractivity contribution in [1.82, 2.24) is 0 Å². The van der Waals surface area contributed by atoms with E-state index in [1.807, 2.05) is 53.8 Å². The maximum Gasteiger partial charge on any atom is 0.223 e. The average molecular weight is 1680 g/mol. The minimum atomic E-state index is -0.948. The second-order valence-corrected chi connectivity index (χ2v) is 62.8. The van der Waals surface area contributed by atoms with E-state index >= 15 is 4.39 Å². The number of aryl methyl sites for hydroxylation is 13. The molecule has 13 aromatic rings. The Morgan fingerprint density at radius 3 is 1.02 bits per heavy atom. The number of hydrogen-bond donors (Lipinski definition) is 0. The summed E-state index contributed by atoms with van der Waals surface area (Å²) in [6, 6.07) is 71.6. The van der Waals surface area contributed by atoms with Crippen molar-refractivity contribution < 1.29 is 27.0 Å². The van der Waals surface area contributed by atoms with Gasteiger partial charge in [0.15, 0.2) is 24.8 Å². The Balaban J connectivity index is 0.000000126. The molecule has 4 aromatic heterocycles. The number of nitrogens with zero attached hydrogens (tertiary/aromatic N) is 4. The van der Waals surface area contributed by atoms with Crippen LogP contribution in [0.5, 0.6) is 0 Å². The quantitative estimate of drug-likeness (QED) is 0.101. The second-order valence-electron chi connectivity index (χ2n) is 41.5. The number of fused-ring (bicyclic) bond motifs is 5. The van der Waals surface area contributed by atoms with Gasteiger partial charge in [-0.3, -0.25) is 0 Å². The van der Waals surface area contributed by atoms with Crippen molar-refractivity contribution in [2.75, 3.05) is 0 Å². The number of benzene rings is 9. The van der Waals surface area contributed by atoms with Gasteiger partial charge in [-0.05, 0) is 328 Å². The highest BCUT2D eigenvalue weighted by Crippen LogP contribution is 2.47. The summed E-state index contributed by atoms with van der Waals surface area (Å²) < 4.78 is 38.5. The molecule has 0 atom stereocenters. The van der Waals surface area contributed by atoms with Crippen molar-refractivity contribution >= 4 is 75.4 Å². The van der Waals surface area contributed by atoms with Crippen LogP contribution in [0.3, 0.4) is 0 Å². The summed E-state index contributed by atoms with van der Waals surface area (Å²) in [6.45, 7) is 41.1. The predicted octanol–water partition coefficient (Wildman–Crippen LogP) is 29.2. The minimum Gasteiger partial charge on any atom is -0.206 e. The van der Waals surface area contributed by atoms with Gasteiger partial charge in [0.25, 0.3) is 0 Å². The van der Waals surface area contributed by atoms with E-state index in [1.165, 1.54) is 229 Å². The monoisotopic (exact) mass is 1680 g/mol. The van der Waals surface area contributed by atoms with Crippen molar-refractivity contribution in [2.45, 2.75) is 264 Å². The van der Waals surface area contributed by atoms with Crippen LogP contribution >= 0.6 is 0 Å². The maximum absolute atomic E-state index is 15.3. The summed E-state index contributed by atoms with van der Waals surface area (Å²) in [6.07, 6.45) is 23.4. The number of hydrogen-bond acceptors (Lipinski definition) is 0. The van der Waals surface area contributed by atoms with Crippen molar-refractivity contribution in [3.8, 4) is 56.2 Å². The smallest absolute Gasteiger partial charge is 0.206 e. The van der Waals surface area contributed by atoms with Crippen LogP contribution < -0.4 is 18.3 Å². The zero-order valence-electron chi connectivity index (χ0n) is 77.6. The first-order valence-corrected chi connectivity index (χ1v) is 59.7. The fraction of sp³-hybridized carbons (Fsp3) is 0.405. The highest BCUT2D eigenvalue weighted by Gasteiger charge is 2.36. The fourth-order valence-electron chi connectivity index (χ4n) is 21.8. The lowest BCUT2D eigenvalue weighted by molar-refractivity contribution is -0.659. The number of rotatable bonds is 9. The number of halogens is 2. The molecular weight excluding hydrogens is 1540 g/mol. The first-order chi connectivity index (χ1) is 57.5. The molecule has 10 heteroatoms. The highest BCUT2D eigenvalue weighted by atomic mass is 28.3. The third-order valence-corrected chi connectivity index (χ3v) is 43.4. The molecule has 4 aliphatic heterocycles. The molecule has 8 heterocycles. The van der Waals surface area contributed by atoms with Crippen LogP contribution in [0.1, 0.15) is 170 Å². The first-order valence-electron chi connectivity index (χ1n) is 46.0. The van der Waals surface area contributed by atoms with E-state index in [-0.39, 0.29) is 11.6 Å². The van der Waals surface area contributed by atoms with Gasteiger partial charge in [0.1, 0.15) is 39.8 Å². The topological polar surface area (TPSA) is 15.5 Å². The molecule has 121 heavy (non-hydrogen) atoms. The Labute approximate surface area is 729 Å². The molecule has 0 amide bonds. The molecule has 5 aliphatic rings. The van der Waals surface area contributed by atoms with Crippen LogP contribution in [-0.4, -0.2) is 32.3 Å². The Kier molecular flexibility index (Phi) is 25.4. The average Bonchev–Trinajstić information content (AvgIpc) is 1.06. The fourth-order valence-corrected chi connectivity index (χ4v) is 31.9. The Hall–Kier alpha value is -8.65. The van der Waals surface area contributed by atoms with Gasteiger partial charge in [-0.1, -0.05) is 192 Å². The molecule has 0 radical (unpaired) electrons. The van der Waals surface area contributed by atoms with Gasteiger partial charge >= 0.3 is 0 Å². The first kappa shape index (κ1) is 87.3. The highest BCUT2D eigenvalue weighted by molar-refractivity contribution is 6.78. The van der Waals surface area contributed by atoms with Crippen molar-refractivity contribution in [3.05, 3.63) is 283 Å². The van der Waals surface area contributed by atoms with E-state index in [0.29, 0.717) is 23.0 Å². The third-order valence-electron chi connectivity index (χ3n) is 30.3. The third kappa shape index (κ3) is 18.5. The van der Waals surface area contributed by atoms with Gasteiger partial charge in [-0.2, -0.15) is 0 Å².